The van der Waals surface area contributed by atoms with Crippen molar-refractivity contribution >= 4 is 11.8 Å². The molecule has 7 nitrogen and oxygen atoms in total. The number of rotatable bonds is 8. The molecule has 0 radical (unpaired) electrons. The van der Waals surface area contributed by atoms with Gasteiger partial charge in [-0.1, -0.05) is 12.1 Å². The van der Waals surface area contributed by atoms with E-state index in [1.807, 2.05) is 23.1 Å². The highest BCUT2D eigenvalue weighted by Crippen LogP contribution is 2.34. The highest BCUT2D eigenvalue weighted by molar-refractivity contribution is 5.94. The Morgan fingerprint density at radius 2 is 1.76 bits per heavy atom. The Morgan fingerprint density at radius 1 is 1.03 bits per heavy atom. The SMILES string of the molecule is COc1cc(OC)c(OC)cc1CNC(=O)c1cccc(CN2CCCC2=O)c1. The second-order valence-electron chi connectivity index (χ2n) is 6.82. The molecular formula is C22H26N2O5. The highest BCUT2D eigenvalue weighted by atomic mass is 16.5. The van der Waals surface area contributed by atoms with Crippen molar-refractivity contribution in [2.75, 3.05) is 27.9 Å². The summed E-state index contributed by atoms with van der Waals surface area (Å²) in [6.45, 7) is 1.58. The van der Waals surface area contributed by atoms with Crippen molar-refractivity contribution in [2.45, 2.75) is 25.9 Å². The molecule has 0 unspecified atom stereocenters. The summed E-state index contributed by atoms with van der Waals surface area (Å²) >= 11 is 0. The first-order chi connectivity index (χ1) is 14.0. The van der Waals surface area contributed by atoms with Crippen LogP contribution in [0.15, 0.2) is 36.4 Å². The highest BCUT2D eigenvalue weighted by Gasteiger charge is 2.20. The second kappa shape index (κ2) is 9.32. The molecule has 7 heteroatoms. The van der Waals surface area contributed by atoms with E-state index in [0.29, 0.717) is 35.8 Å². The van der Waals surface area contributed by atoms with Gasteiger partial charge in [-0.25, -0.2) is 0 Å². The predicted octanol–water partition coefficient (Wildman–Crippen LogP) is 2.76. The van der Waals surface area contributed by atoms with Crippen molar-refractivity contribution in [3.8, 4) is 17.2 Å². The van der Waals surface area contributed by atoms with Crippen LogP contribution in [0.2, 0.25) is 0 Å². The van der Waals surface area contributed by atoms with Crippen LogP contribution in [0.25, 0.3) is 0 Å². The lowest BCUT2D eigenvalue weighted by atomic mass is 10.1. The molecule has 29 heavy (non-hydrogen) atoms. The van der Waals surface area contributed by atoms with Gasteiger partial charge in [0.15, 0.2) is 11.5 Å². The molecular weight excluding hydrogens is 372 g/mol. The number of carbonyl (C=O) groups excluding carboxylic acids is 2. The zero-order valence-electron chi connectivity index (χ0n) is 17.0. The van der Waals surface area contributed by atoms with Gasteiger partial charge in [0, 0.05) is 43.2 Å². The van der Waals surface area contributed by atoms with Gasteiger partial charge in [-0.15, -0.1) is 0 Å². The first kappa shape index (κ1) is 20.5. The third-order valence-corrected chi connectivity index (χ3v) is 4.96. The van der Waals surface area contributed by atoms with Crippen molar-refractivity contribution in [1.29, 1.82) is 0 Å². The molecule has 0 saturated carbocycles. The molecule has 1 saturated heterocycles. The molecule has 1 aliphatic rings. The van der Waals surface area contributed by atoms with Crippen LogP contribution in [-0.4, -0.2) is 44.6 Å². The van der Waals surface area contributed by atoms with Crippen LogP contribution in [0.5, 0.6) is 17.2 Å². The number of amides is 2. The van der Waals surface area contributed by atoms with Gasteiger partial charge >= 0.3 is 0 Å². The first-order valence-corrected chi connectivity index (χ1v) is 9.49. The fourth-order valence-electron chi connectivity index (χ4n) is 3.41. The monoisotopic (exact) mass is 398 g/mol. The zero-order chi connectivity index (χ0) is 20.8. The van der Waals surface area contributed by atoms with Crippen molar-refractivity contribution in [1.82, 2.24) is 10.2 Å². The van der Waals surface area contributed by atoms with Crippen LogP contribution in [0.1, 0.15) is 34.3 Å². The average molecular weight is 398 g/mol. The average Bonchev–Trinajstić information content (AvgIpc) is 3.15. The van der Waals surface area contributed by atoms with E-state index < -0.39 is 0 Å². The molecule has 2 aromatic rings. The van der Waals surface area contributed by atoms with E-state index in [9.17, 15) is 9.59 Å². The molecule has 2 amide bonds. The van der Waals surface area contributed by atoms with Gasteiger partial charge in [0.1, 0.15) is 5.75 Å². The molecule has 1 N–H and O–H groups in total. The molecule has 1 heterocycles. The summed E-state index contributed by atoms with van der Waals surface area (Å²) in [5.41, 5.74) is 2.27. The molecule has 0 aliphatic carbocycles. The summed E-state index contributed by atoms with van der Waals surface area (Å²) in [7, 11) is 4.68. The van der Waals surface area contributed by atoms with Crippen molar-refractivity contribution < 1.29 is 23.8 Å². The van der Waals surface area contributed by atoms with E-state index in [4.69, 9.17) is 14.2 Å². The molecule has 2 aromatic carbocycles. The fraction of sp³-hybridized carbons (Fsp3) is 0.364. The van der Waals surface area contributed by atoms with Crippen LogP contribution in [0.3, 0.4) is 0 Å². The third kappa shape index (κ3) is 4.80. The van der Waals surface area contributed by atoms with E-state index in [1.165, 1.54) is 0 Å². The number of nitrogens with one attached hydrogen (secondary N) is 1. The smallest absolute Gasteiger partial charge is 0.251 e. The Hall–Kier alpha value is -3.22. The maximum atomic E-state index is 12.7. The number of benzene rings is 2. The normalized spacial score (nSPS) is 13.3. The summed E-state index contributed by atoms with van der Waals surface area (Å²) in [6, 6.07) is 10.9. The van der Waals surface area contributed by atoms with Gasteiger partial charge in [0.25, 0.3) is 5.91 Å². The van der Waals surface area contributed by atoms with Crippen LogP contribution in [0, 0.1) is 0 Å². The molecule has 1 aliphatic heterocycles. The number of carbonyl (C=O) groups is 2. The Morgan fingerprint density at radius 3 is 2.41 bits per heavy atom. The van der Waals surface area contributed by atoms with Gasteiger partial charge in [-0.3, -0.25) is 9.59 Å². The number of hydrogen-bond acceptors (Lipinski definition) is 5. The van der Waals surface area contributed by atoms with Crippen molar-refractivity contribution in [3.05, 3.63) is 53.1 Å². The molecule has 0 aromatic heterocycles. The minimum Gasteiger partial charge on any atom is -0.496 e. The topological polar surface area (TPSA) is 77.1 Å². The van der Waals surface area contributed by atoms with E-state index in [2.05, 4.69) is 5.32 Å². The molecule has 154 valence electrons. The summed E-state index contributed by atoms with van der Waals surface area (Å²) in [6.07, 6.45) is 1.50. The number of methoxy groups -OCH3 is 3. The van der Waals surface area contributed by atoms with Crippen molar-refractivity contribution in [2.24, 2.45) is 0 Å². The van der Waals surface area contributed by atoms with E-state index >= 15 is 0 Å². The summed E-state index contributed by atoms with van der Waals surface area (Å²) < 4.78 is 16.0. The standard InChI is InChI=1S/C22H26N2O5/c1-27-18-12-20(29-3)19(28-2)11-17(18)13-23-22(26)16-7-4-6-15(10-16)14-24-9-5-8-21(24)25/h4,6-7,10-12H,5,8-9,13-14H2,1-3H3,(H,23,26). The minimum absolute atomic E-state index is 0.167. The van der Waals surface area contributed by atoms with Crippen LogP contribution >= 0.6 is 0 Å². The van der Waals surface area contributed by atoms with E-state index in [-0.39, 0.29) is 18.4 Å². The van der Waals surface area contributed by atoms with Gasteiger partial charge in [0.05, 0.1) is 21.3 Å². The molecule has 0 atom stereocenters. The zero-order valence-corrected chi connectivity index (χ0v) is 17.0. The number of likely N-dealkylation sites (tertiary alicyclic amines) is 1. The molecule has 1 fully saturated rings. The Kier molecular flexibility index (Phi) is 6.59. The Bertz CT molecular complexity index is 897. The van der Waals surface area contributed by atoms with E-state index in [0.717, 1.165) is 24.1 Å². The number of ether oxygens (including phenoxy) is 3. The van der Waals surface area contributed by atoms with E-state index in [1.54, 1.807) is 39.5 Å². The fourth-order valence-corrected chi connectivity index (χ4v) is 3.41. The molecule has 3 rings (SSSR count). The Balaban J connectivity index is 1.69. The number of nitrogens with zero attached hydrogens (tertiary/aromatic N) is 1. The lowest BCUT2D eigenvalue weighted by molar-refractivity contribution is -0.128. The maximum Gasteiger partial charge on any atom is 0.251 e. The van der Waals surface area contributed by atoms with Crippen LogP contribution < -0.4 is 19.5 Å². The van der Waals surface area contributed by atoms with Crippen molar-refractivity contribution in [3.63, 3.8) is 0 Å². The van der Waals surface area contributed by atoms with Gasteiger partial charge in [-0.05, 0) is 30.2 Å². The molecule has 0 bridgehead atoms. The minimum atomic E-state index is -0.198. The lowest BCUT2D eigenvalue weighted by Crippen LogP contribution is -2.25. The molecule has 0 spiro atoms. The van der Waals surface area contributed by atoms with Gasteiger partial charge in [0.2, 0.25) is 5.91 Å². The third-order valence-electron chi connectivity index (χ3n) is 4.96. The Labute approximate surface area is 170 Å². The maximum absolute atomic E-state index is 12.7. The van der Waals surface area contributed by atoms with Crippen LogP contribution in [0.4, 0.5) is 0 Å². The quantitative estimate of drug-likeness (QED) is 0.740. The lowest BCUT2D eigenvalue weighted by Gasteiger charge is -2.16. The predicted molar refractivity (Wildman–Crippen MR) is 108 cm³/mol. The summed E-state index contributed by atoms with van der Waals surface area (Å²) in [5, 5.41) is 2.91. The largest absolute Gasteiger partial charge is 0.496 e. The van der Waals surface area contributed by atoms with Gasteiger partial charge < -0.3 is 24.4 Å². The summed E-state index contributed by atoms with van der Waals surface area (Å²) in [4.78, 5) is 26.3. The number of hydrogen-bond donors (Lipinski definition) is 1. The second-order valence-corrected chi connectivity index (χ2v) is 6.82. The van der Waals surface area contributed by atoms with Gasteiger partial charge in [-0.2, -0.15) is 0 Å². The first-order valence-electron chi connectivity index (χ1n) is 9.49. The van der Waals surface area contributed by atoms with Crippen LogP contribution in [-0.2, 0) is 17.9 Å². The summed E-state index contributed by atoms with van der Waals surface area (Å²) in [5.74, 6) is 1.69.